The zero-order valence-corrected chi connectivity index (χ0v) is 10.4. The summed E-state index contributed by atoms with van der Waals surface area (Å²) in [6, 6.07) is 7.63. The molecule has 1 aromatic carbocycles. The topological polar surface area (TPSA) is 38.7 Å². The molecule has 1 N–H and O–H groups in total. The molecule has 3 atom stereocenters. The van der Waals surface area contributed by atoms with Gasteiger partial charge in [-0.15, -0.1) is 0 Å². The van der Waals surface area contributed by atoms with Crippen LogP contribution in [0.1, 0.15) is 31.9 Å². The Hall–Kier alpha value is -1.06. The molecule has 1 heterocycles. The molecule has 0 saturated carbocycles. The van der Waals surface area contributed by atoms with Crippen LogP contribution >= 0.6 is 0 Å². The lowest BCUT2D eigenvalue weighted by molar-refractivity contribution is -0.0189. The molecular weight excluding hydrogens is 216 g/mol. The maximum atomic E-state index is 10.4. The molecule has 94 valence electrons. The van der Waals surface area contributed by atoms with E-state index in [-0.39, 0.29) is 6.10 Å². The molecule has 0 radical (unpaired) electrons. The fourth-order valence-corrected chi connectivity index (χ4v) is 2.31. The summed E-state index contributed by atoms with van der Waals surface area (Å²) in [5.41, 5.74) is 0.827. The third-order valence-electron chi connectivity index (χ3n) is 3.29. The van der Waals surface area contributed by atoms with Crippen molar-refractivity contribution in [2.75, 3.05) is 13.2 Å². The number of ether oxygens (including phenoxy) is 2. The van der Waals surface area contributed by atoms with Crippen molar-refractivity contribution in [2.24, 2.45) is 5.92 Å². The number of hydrogen-bond acceptors (Lipinski definition) is 3. The number of para-hydroxylation sites is 1. The SMILES string of the molecule is CCOc1ccccc1C(O)C1OCCC1C. The number of aliphatic hydroxyl groups is 1. The summed E-state index contributed by atoms with van der Waals surface area (Å²) in [5.74, 6) is 1.14. The summed E-state index contributed by atoms with van der Waals surface area (Å²) in [5, 5.41) is 10.4. The van der Waals surface area contributed by atoms with E-state index in [9.17, 15) is 5.11 Å². The van der Waals surface area contributed by atoms with Crippen LogP contribution in [0, 0.1) is 5.92 Å². The molecule has 3 nitrogen and oxygen atoms in total. The van der Waals surface area contributed by atoms with Crippen LogP contribution in [0.3, 0.4) is 0 Å². The summed E-state index contributed by atoms with van der Waals surface area (Å²) < 4.78 is 11.1. The highest BCUT2D eigenvalue weighted by Gasteiger charge is 2.33. The van der Waals surface area contributed by atoms with E-state index in [1.54, 1.807) is 0 Å². The number of rotatable bonds is 4. The number of hydrogen-bond donors (Lipinski definition) is 1. The van der Waals surface area contributed by atoms with Crippen LogP contribution in [0.15, 0.2) is 24.3 Å². The van der Waals surface area contributed by atoms with E-state index in [0.717, 1.165) is 24.3 Å². The van der Waals surface area contributed by atoms with Crippen LogP contribution in [0.2, 0.25) is 0 Å². The molecule has 0 spiro atoms. The molecule has 3 heteroatoms. The Kier molecular flexibility index (Phi) is 4.02. The predicted molar refractivity (Wildman–Crippen MR) is 66.1 cm³/mol. The quantitative estimate of drug-likeness (QED) is 0.873. The zero-order valence-electron chi connectivity index (χ0n) is 10.4. The maximum absolute atomic E-state index is 10.4. The third-order valence-corrected chi connectivity index (χ3v) is 3.29. The minimum atomic E-state index is -0.602. The van der Waals surface area contributed by atoms with E-state index in [1.165, 1.54) is 0 Å². The van der Waals surface area contributed by atoms with Crippen LogP contribution in [0.4, 0.5) is 0 Å². The molecular formula is C14H20O3. The van der Waals surface area contributed by atoms with E-state index >= 15 is 0 Å². The smallest absolute Gasteiger partial charge is 0.125 e. The van der Waals surface area contributed by atoms with E-state index in [2.05, 4.69) is 6.92 Å². The first-order valence-corrected chi connectivity index (χ1v) is 6.25. The van der Waals surface area contributed by atoms with E-state index < -0.39 is 6.10 Å². The molecule has 1 saturated heterocycles. The minimum Gasteiger partial charge on any atom is -0.493 e. The monoisotopic (exact) mass is 236 g/mol. The van der Waals surface area contributed by atoms with Gasteiger partial charge in [0.1, 0.15) is 11.9 Å². The Morgan fingerprint density at radius 2 is 2.24 bits per heavy atom. The summed E-state index contributed by atoms with van der Waals surface area (Å²) >= 11 is 0. The molecule has 0 bridgehead atoms. The largest absolute Gasteiger partial charge is 0.493 e. The van der Waals surface area contributed by atoms with Crippen molar-refractivity contribution in [1.29, 1.82) is 0 Å². The van der Waals surface area contributed by atoms with Crippen LogP contribution < -0.4 is 4.74 Å². The Morgan fingerprint density at radius 3 is 2.88 bits per heavy atom. The second kappa shape index (κ2) is 5.52. The summed E-state index contributed by atoms with van der Waals surface area (Å²) in [7, 11) is 0. The second-order valence-electron chi connectivity index (χ2n) is 4.52. The molecule has 0 aromatic heterocycles. The van der Waals surface area contributed by atoms with Gasteiger partial charge in [-0.2, -0.15) is 0 Å². The fourth-order valence-electron chi connectivity index (χ4n) is 2.31. The average Bonchev–Trinajstić information content (AvgIpc) is 2.76. The Labute approximate surface area is 102 Å². The predicted octanol–water partition coefficient (Wildman–Crippen LogP) is 2.54. The minimum absolute atomic E-state index is 0.114. The van der Waals surface area contributed by atoms with Crippen molar-refractivity contribution in [2.45, 2.75) is 32.5 Å². The van der Waals surface area contributed by atoms with Crippen molar-refractivity contribution in [1.82, 2.24) is 0 Å². The molecule has 0 aliphatic carbocycles. The van der Waals surface area contributed by atoms with Crippen molar-refractivity contribution in [3.8, 4) is 5.75 Å². The molecule has 0 amide bonds. The Morgan fingerprint density at radius 1 is 1.47 bits per heavy atom. The van der Waals surface area contributed by atoms with Gasteiger partial charge in [0.25, 0.3) is 0 Å². The average molecular weight is 236 g/mol. The van der Waals surface area contributed by atoms with Crippen LogP contribution in [-0.2, 0) is 4.74 Å². The van der Waals surface area contributed by atoms with E-state index in [0.29, 0.717) is 12.5 Å². The van der Waals surface area contributed by atoms with Gasteiger partial charge in [0.05, 0.1) is 12.7 Å². The lowest BCUT2D eigenvalue weighted by Gasteiger charge is -2.23. The first-order chi connectivity index (χ1) is 8.24. The van der Waals surface area contributed by atoms with Gasteiger partial charge in [0.15, 0.2) is 0 Å². The highest BCUT2D eigenvalue weighted by atomic mass is 16.5. The van der Waals surface area contributed by atoms with Crippen LogP contribution in [-0.4, -0.2) is 24.4 Å². The summed E-state index contributed by atoms with van der Waals surface area (Å²) in [6.45, 7) is 5.40. The normalized spacial score (nSPS) is 25.8. The standard InChI is InChI=1S/C14H20O3/c1-3-16-12-7-5-4-6-11(12)13(15)14-10(2)8-9-17-14/h4-7,10,13-15H,3,8-9H2,1-2H3. The third kappa shape index (κ3) is 2.61. The molecule has 1 aliphatic heterocycles. The lowest BCUT2D eigenvalue weighted by atomic mass is 9.94. The molecule has 17 heavy (non-hydrogen) atoms. The summed E-state index contributed by atoms with van der Waals surface area (Å²) in [6.07, 6.45) is 0.297. The zero-order chi connectivity index (χ0) is 12.3. The van der Waals surface area contributed by atoms with Crippen molar-refractivity contribution < 1.29 is 14.6 Å². The molecule has 1 aromatic rings. The van der Waals surface area contributed by atoms with Gasteiger partial charge in [-0.3, -0.25) is 0 Å². The van der Waals surface area contributed by atoms with Crippen molar-refractivity contribution >= 4 is 0 Å². The first kappa shape index (κ1) is 12.4. The highest BCUT2D eigenvalue weighted by molar-refractivity contribution is 5.35. The highest BCUT2D eigenvalue weighted by Crippen LogP contribution is 2.35. The molecule has 3 unspecified atom stereocenters. The second-order valence-corrected chi connectivity index (χ2v) is 4.52. The summed E-state index contributed by atoms with van der Waals surface area (Å²) in [4.78, 5) is 0. The molecule has 1 aliphatic rings. The molecule has 2 rings (SSSR count). The van der Waals surface area contributed by atoms with Crippen molar-refractivity contribution in [3.63, 3.8) is 0 Å². The van der Waals surface area contributed by atoms with Gasteiger partial charge in [0.2, 0.25) is 0 Å². The number of aliphatic hydroxyl groups excluding tert-OH is 1. The molecule has 1 fully saturated rings. The van der Waals surface area contributed by atoms with Gasteiger partial charge >= 0.3 is 0 Å². The Bertz CT molecular complexity index is 364. The lowest BCUT2D eigenvalue weighted by Crippen LogP contribution is -2.23. The van der Waals surface area contributed by atoms with Crippen LogP contribution in [0.25, 0.3) is 0 Å². The van der Waals surface area contributed by atoms with E-state index in [1.807, 2.05) is 31.2 Å². The van der Waals surface area contributed by atoms with Gasteiger partial charge in [-0.1, -0.05) is 25.1 Å². The maximum Gasteiger partial charge on any atom is 0.125 e. The fraction of sp³-hybridized carbons (Fsp3) is 0.571. The van der Waals surface area contributed by atoms with Gasteiger partial charge < -0.3 is 14.6 Å². The van der Waals surface area contributed by atoms with Crippen molar-refractivity contribution in [3.05, 3.63) is 29.8 Å². The van der Waals surface area contributed by atoms with Gasteiger partial charge in [-0.05, 0) is 25.3 Å². The van der Waals surface area contributed by atoms with Gasteiger partial charge in [-0.25, -0.2) is 0 Å². The Balaban J connectivity index is 2.20. The number of benzene rings is 1. The first-order valence-electron chi connectivity index (χ1n) is 6.25. The van der Waals surface area contributed by atoms with Gasteiger partial charge in [0, 0.05) is 12.2 Å². The van der Waals surface area contributed by atoms with Crippen LogP contribution in [0.5, 0.6) is 5.75 Å². The van der Waals surface area contributed by atoms with E-state index in [4.69, 9.17) is 9.47 Å².